The van der Waals surface area contributed by atoms with Crippen molar-refractivity contribution in [2.45, 2.75) is 38.8 Å². The number of rotatable bonds is 4. The highest BCUT2D eigenvalue weighted by Crippen LogP contribution is 2.36. The first-order valence-corrected chi connectivity index (χ1v) is 10.4. The maximum absolute atomic E-state index is 13.3. The summed E-state index contributed by atoms with van der Waals surface area (Å²) in [6, 6.07) is 7.16. The zero-order valence-electron chi connectivity index (χ0n) is 15.3. The largest absolute Gasteiger partial charge is 0.300 e. The van der Waals surface area contributed by atoms with Gasteiger partial charge in [0.05, 0.1) is 11.7 Å². The van der Waals surface area contributed by atoms with Crippen molar-refractivity contribution in [2.75, 3.05) is 13.1 Å². The summed E-state index contributed by atoms with van der Waals surface area (Å²) in [6.07, 6.45) is 5.51. The van der Waals surface area contributed by atoms with Crippen LogP contribution in [0.1, 0.15) is 24.1 Å². The van der Waals surface area contributed by atoms with Gasteiger partial charge in [-0.2, -0.15) is 0 Å². The van der Waals surface area contributed by atoms with Crippen LogP contribution in [0.15, 0.2) is 35.4 Å². The maximum atomic E-state index is 13.3. The first-order chi connectivity index (χ1) is 13.1. The van der Waals surface area contributed by atoms with Gasteiger partial charge in [-0.3, -0.25) is 9.36 Å². The SMILES string of the molecule is Cc1sc2ncn(C[C@H]3CCN(C4CC4)C3)c(=O)c2c1-c1ccc(F)cc1. The number of hydrogen-bond donors (Lipinski definition) is 0. The molecule has 0 spiro atoms. The Kier molecular flexibility index (Phi) is 4.13. The van der Waals surface area contributed by atoms with Gasteiger partial charge in [0.25, 0.3) is 5.56 Å². The van der Waals surface area contributed by atoms with E-state index >= 15 is 0 Å². The summed E-state index contributed by atoms with van der Waals surface area (Å²) in [5, 5.41) is 0.670. The lowest BCUT2D eigenvalue weighted by Gasteiger charge is -2.15. The number of hydrogen-bond acceptors (Lipinski definition) is 4. The quantitative estimate of drug-likeness (QED) is 0.682. The normalized spacial score (nSPS) is 20.6. The Morgan fingerprint density at radius 3 is 2.74 bits per heavy atom. The fourth-order valence-corrected chi connectivity index (χ4v) is 5.30. The Hall–Kier alpha value is -2.05. The first kappa shape index (κ1) is 17.1. The molecule has 0 amide bonds. The van der Waals surface area contributed by atoms with E-state index in [-0.39, 0.29) is 11.4 Å². The molecule has 1 aliphatic heterocycles. The minimum absolute atomic E-state index is 0.0218. The summed E-state index contributed by atoms with van der Waals surface area (Å²) < 4.78 is 15.1. The van der Waals surface area contributed by atoms with Crippen LogP contribution in [-0.4, -0.2) is 33.6 Å². The summed E-state index contributed by atoms with van der Waals surface area (Å²) in [7, 11) is 0. The van der Waals surface area contributed by atoms with E-state index in [1.54, 1.807) is 23.0 Å². The number of thiophene rings is 1. The lowest BCUT2D eigenvalue weighted by atomic mass is 10.0. The van der Waals surface area contributed by atoms with E-state index in [1.807, 2.05) is 6.92 Å². The second kappa shape index (κ2) is 6.53. The average Bonchev–Trinajstić information content (AvgIpc) is 3.31. The molecule has 2 aliphatic rings. The van der Waals surface area contributed by atoms with Crippen molar-refractivity contribution >= 4 is 21.6 Å². The highest BCUT2D eigenvalue weighted by atomic mass is 32.1. The van der Waals surface area contributed by atoms with Crippen molar-refractivity contribution in [2.24, 2.45) is 5.92 Å². The molecule has 2 fully saturated rings. The van der Waals surface area contributed by atoms with E-state index in [9.17, 15) is 9.18 Å². The fraction of sp³-hybridized carbons (Fsp3) is 0.429. The van der Waals surface area contributed by atoms with Crippen LogP contribution >= 0.6 is 11.3 Å². The molecule has 0 bridgehead atoms. The predicted molar refractivity (Wildman–Crippen MR) is 107 cm³/mol. The monoisotopic (exact) mass is 383 g/mol. The Morgan fingerprint density at radius 2 is 2.00 bits per heavy atom. The lowest BCUT2D eigenvalue weighted by Crippen LogP contribution is -2.27. The summed E-state index contributed by atoms with van der Waals surface area (Å²) in [4.78, 5) is 22.2. The van der Waals surface area contributed by atoms with Gasteiger partial charge in [-0.15, -0.1) is 11.3 Å². The number of aromatic nitrogens is 2. The van der Waals surface area contributed by atoms with Crippen molar-refractivity contribution < 1.29 is 4.39 Å². The minimum atomic E-state index is -0.270. The standard InChI is InChI=1S/C21H22FN3OS/c1-13-18(15-2-4-16(22)5-3-15)19-20(27-13)23-12-25(21(19)26)11-14-8-9-24(10-14)17-6-7-17/h2-5,12,14,17H,6-11H2,1H3/t14-/m0/s1. The van der Waals surface area contributed by atoms with Crippen molar-refractivity contribution in [1.82, 2.24) is 14.5 Å². The molecule has 0 radical (unpaired) electrons. The second-order valence-electron chi connectivity index (χ2n) is 7.80. The number of halogens is 1. The van der Waals surface area contributed by atoms with Crippen LogP contribution in [0.3, 0.4) is 0 Å². The summed E-state index contributed by atoms with van der Waals surface area (Å²) in [6.45, 7) is 4.96. The molecule has 140 valence electrons. The molecule has 5 rings (SSSR count). The summed E-state index contributed by atoms with van der Waals surface area (Å²) in [5.41, 5.74) is 1.79. The first-order valence-electron chi connectivity index (χ1n) is 9.58. The molecule has 0 N–H and O–H groups in total. The van der Waals surface area contributed by atoms with E-state index in [2.05, 4.69) is 9.88 Å². The third-order valence-electron chi connectivity index (χ3n) is 5.82. The molecule has 1 atom stereocenters. The van der Waals surface area contributed by atoms with Gasteiger partial charge in [-0.25, -0.2) is 9.37 Å². The van der Waals surface area contributed by atoms with E-state index in [4.69, 9.17) is 0 Å². The van der Waals surface area contributed by atoms with Crippen molar-refractivity contribution in [1.29, 1.82) is 0 Å². The molecular weight excluding hydrogens is 361 g/mol. The lowest BCUT2D eigenvalue weighted by molar-refractivity contribution is 0.306. The zero-order chi connectivity index (χ0) is 18.5. The zero-order valence-corrected chi connectivity index (χ0v) is 16.1. The van der Waals surface area contributed by atoms with Gasteiger partial charge in [-0.05, 0) is 56.3 Å². The second-order valence-corrected chi connectivity index (χ2v) is 9.01. The third-order valence-corrected chi connectivity index (χ3v) is 6.84. The maximum Gasteiger partial charge on any atom is 0.262 e. The van der Waals surface area contributed by atoms with Gasteiger partial charge >= 0.3 is 0 Å². The molecule has 27 heavy (non-hydrogen) atoms. The number of nitrogens with zero attached hydrogens (tertiary/aromatic N) is 3. The molecule has 1 saturated heterocycles. The van der Waals surface area contributed by atoms with Crippen LogP contribution in [0.25, 0.3) is 21.3 Å². The average molecular weight is 383 g/mol. The minimum Gasteiger partial charge on any atom is -0.300 e. The van der Waals surface area contributed by atoms with Crippen molar-refractivity contribution in [3.63, 3.8) is 0 Å². The van der Waals surface area contributed by atoms with Crippen LogP contribution in [0.2, 0.25) is 0 Å². The van der Waals surface area contributed by atoms with Crippen LogP contribution in [0.4, 0.5) is 4.39 Å². The molecule has 3 aromatic rings. The van der Waals surface area contributed by atoms with Crippen LogP contribution in [0.5, 0.6) is 0 Å². The van der Waals surface area contributed by atoms with Gasteiger partial charge in [0.2, 0.25) is 0 Å². The molecule has 0 unspecified atom stereocenters. The van der Waals surface area contributed by atoms with Crippen LogP contribution < -0.4 is 5.56 Å². The van der Waals surface area contributed by atoms with Crippen molar-refractivity contribution in [3.05, 3.63) is 51.6 Å². The van der Waals surface area contributed by atoms with E-state index in [0.717, 1.165) is 52.9 Å². The number of benzene rings is 1. The van der Waals surface area contributed by atoms with Gasteiger partial charge in [0.1, 0.15) is 10.6 Å². The number of fused-ring (bicyclic) bond motifs is 1. The van der Waals surface area contributed by atoms with Gasteiger partial charge in [-0.1, -0.05) is 12.1 Å². The molecule has 4 nitrogen and oxygen atoms in total. The Bertz CT molecular complexity index is 1050. The van der Waals surface area contributed by atoms with Crippen LogP contribution in [-0.2, 0) is 6.54 Å². The topological polar surface area (TPSA) is 38.1 Å². The smallest absolute Gasteiger partial charge is 0.262 e. The van der Waals surface area contributed by atoms with Gasteiger partial charge in [0, 0.05) is 29.6 Å². The summed E-state index contributed by atoms with van der Waals surface area (Å²) >= 11 is 1.53. The van der Waals surface area contributed by atoms with E-state index in [1.165, 1.54) is 36.3 Å². The Morgan fingerprint density at radius 1 is 1.22 bits per heavy atom. The highest BCUT2D eigenvalue weighted by Gasteiger charge is 2.34. The van der Waals surface area contributed by atoms with E-state index < -0.39 is 0 Å². The van der Waals surface area contributed by atoms with Crippen molar-refractivity contribution in [3.8, 4) is 11.1 Å². The summed E-state index contributed by atoms with van der Waals surface area (Å²) in [5.74, 6) is 0.240. The Balaban J connectivity index is 1.51. The van der Waals surface area contributed by atoms with Crippen LogP contribution in [0, 0.1) is 18.7 Å². The Labute approximate surface area is 161 Å². The molecule has 1 aliphatic carbocycles. The molecular formula is C21H22FN3OS. The van der Waals surface area contributed by atoms with Gasteiger partial charge < -0.3 is 4.90 Å². The van der Waals surface area contributed by atoms with E-state index in [0.29, 0.717) is 11.3 Å². The van der Waals surface area contributed by atoms with Gasteiger partial charge in [0.15, 0.2) is 0 Å². The molecule has 1 aromatic carbocycles. The third kappa shape index (κ3) is 3.11. The molecule has 1 saturated carbocycles. The highest BCUT2D eigenvalue weighted by molar-refractivity contribution is 7.19. The molecule has 3 heterocycles. The predicted octanol–water partition coefficient (Wildman–Crippen LogP) is 4.06. The number of aryl methyl sites for hydroxylation is 1. The fourth-order valence-electron chi connectivity index (χ4n) is 4.29. The molecule has 2 aromatic heterocycles. The number of likely N-dealkylation sites (tertiary alicyclic amines) is 1. The molecule has 6 heteroatoms.